The lowest BCUT2D eigenvalue weighted by Crippen LogP contribution is -2.26. The van der Waals surface area contributed by atoms with Crippen molar-refractivity contribution in [3.05, 3.63) is 76.8 Å². The maximum Gasteiger partial charge on any atom is 0.335 e. The molecule has 0 spiro atoms. The summed E-state index contributed by atoms with van der Waals surface area (Å²) in [6.45, 7) is 13.6. The summed E-state index contributed by atoms with van der Waals surface area (Å²) in [5.41, 5.74) is 4.95. The van der Waals surface area contributed by atoms with Gasteiger partial charge in [-0.1, -0.05) is 47.6 Å². The van der Waals surface area contributed by atoms with Crippen molar-refractivity contribution < 1.29 is 9.90 Å². The highest BCUT2D eigenvalue weighted by atomic mass is 16.4. The number of hydrogen-bond donors (Lipinski definition) is 2. The lowest BCUT2D eigenvalue weighted by Gasteiger charge is -2.04. The predicted molar refractivity (Wildman–Crippen MR) is 147 cm³/mol. The molecule has 0 bridgehead atoms. The van der Waals surface area contributed by atoms with Gasteiger partial charge in [0.1, 0.15) is 12.4 Å². The Morgan fingerprint density at radius 3 is 2.28 bits per heavy atom. The first kappa shape index (κ1) is 28.0. The molecule has 0 amide bonds. The number of nitrogens with one attached hydrogen (secondary N) is 1. The van der Waals surface area contributed by atoms with Crippen LogP contribution in [0.15, 0.2) is 65.6 Å². The van der Waals surface area contributed by atoms with Crippen LogP contribution in [-0.4, -0.2) is 35.2 Å². The molecule has 0 aliphatic rings. The van der Waals surface area contributed by atoms with E-state index in [2.05, 4.69) is 15.0 Å². The van der Waals surface area contributed by atoms with Gasteiger partial charge in [0.15, 0.2) is 5.65 Å². The average Bonchev–Trinajstić information content (AvgIpc) is 3.46. The Labute approximate surface area is 211 Å². The quantitative estimate of drug-likeness (QED) is 0.312. The van der Waals surface area contributed by atoms with E-state index < -0.39 is 18.2 Å². The first-order valence-corrected chi connectivity index (χ1v) is 12.4. The fourth-order valence-corrected chi connectivity index (χ4v) is 3.64. The number of aromatic amines is 1. The van der Waals surface area contributed by atoms with Crippen LogP contribution in [0.2, 0.25) is 0 Å². The number of H-pyrrole nitrogens is 1. The minimum atomic E-state index is -1.10. The molecular weight excluding hydrogens is 454 g/mol. The first-order chi connectivity index (χ1) is 17.5. The fourth-order valence-electron chi connectivity index (χ4n) is 3.64. The third-order valence-corrected chi connectivity index (χ3v) is 5.01. The lowest BCUT2D eigenvalue weighted by atomic mass is 10.2. The summed E-state index contributed by atoms with van der Waals surface area (Å²) in [5, 5.41) is 9.16. The molecule has 2 N–H and O–H groups in total. The number of aliphatic carboxylic acids is 1. The minimum absolute atomic E-state index is 0.335. The summed E-state index contributed by atoms with van der Waals surface area (Å²) in [6, 6.07) is 16.9. The van der Waals surface area contributed by atoms with Crippen LogP contribution in [0.1, 0.15) is 47.1 Å². The van der Waals surface area contributed by atoms with Crippen molar-refractivity contribution >= 4 is 28.2 Å². The summed E-state index contributed by atoms with van der Waals surface area (Å²) in [6.07, 6.45) is 1.54. The number of pyridine rings is 1. The smallest absolute Gasteiger partial charge is 0.335 e. The van der Waals surface area contributed by atoms with E-state index in [4.69, 9.17) is 5.11 Å². The van der Waals surface area contributed by atoms with E-state index in [1.165, 1.54) is 10.8 Å². The van der Waals surface area contributed by atoms with Crippen LogP contribution in [0.5, 0.6) is 0 Å². The molecule has 3 aromatic heterocycles. The third-order valence-electron chi connectivity index (χ3n) is 5.01. The number of aryl methyl sites for hydroxylation is 1. The third kappa shape index (κ3) is 5.71. The molecule has 0 atom stereocenters. The normalized spacial score (nSPS) is 9.97. The maximum atomic E-state index is 12.9. The van der Waals surface area contributed by atoms with E-state index in [0.29, 0.717) is 16.9 Å². The van der Waals surface area contributed by atoms with Gasteiger partial charge >= 0.3 is 11.7 Å². The molecule has 0 aliphatic carbocycles. The Bertz CT molecular complexity index is 1480. The molecule has 190 valence electrons. The van der Waals surface area contributed by atoms with Crippen LogP contribution in [0, 0.1) is 6.92 Å². The van der Waals surface area contributed by atoms with Crippen LogP contribution >= 0.6 is 0 Å². The Morgan fingerprint density at radius 1 is 0.972 bits per heavy atom. The number of carboxylic acids is 1. The van der Waals surface area contributed by atoms with Crippen LogP contribution in [0.4, 0.5) is 0 Å². The molecule has 8 heteroatoms. The van der Waals surface area contributed by atoms with Crippen molar-refractivity contribution in [3.8, 4) is 17.1 Å². The highest BCUT2D eigenvalue weighted by Crippen LogP contribution is 2.23. The number of carbonyl (C=O) groups is 1. The largest absolute Gasteiger partial charge is 0.480 e. The number of benzene rings is 2. The molecule has 5 rings (SSSR count). The SMILES string of the molecule is CC.CC.CC.Cc1ccc2nc(-c3ccc(-n4c(=O)n(CC(=O)O)c5ncccc54)cc3)[nH]c2c1. The van der Waals surface area contributed by atoms with Gasteiger partial charge in [-0.3, -0.25) is 13.9 Å². The van der Waals surface area contributed by atoms with Crippen molar-refractivity contribution in [2.45, 2.75) is 55.0 Å². The Balaban J connectivity index is 0.000000710. The van der Waals surface area contributed by atoms with E-state index in [9.17, 15) is 9.59 Å². The number of fused-ring (bicyclic) bond motifs is 2. The number of carboxylic acid groups (broad SMARTS) is 1. The van der Waals surface area contributed by atoms with E-state index in [1.807, 2.05) is 90.9 Å². The van der Waals surface area contributed by atoms with E-state index in [1.54, 1.807) is 12.1 Å². The van der Waals surface area contributed by atoms with Crippen LogP contribution < -0.4 is 5.69 Å². The van der Waals surface area contributed by atoms with Crippen molar-refractivity contribution in [3.63, 3.8) is 0 Å². The number of hydrogen-bond acceptors (Lipinski definition) is 4. The van der Waals surface area contributed by atoms with E-state index in [-0.39, 0.29) is 0 Å². The minimum Gasteiger partial charge on any atom is -0.480 e. The monoisotopic (exact) mass is 489 g/mol. The summed E-state index contributed by atoms with van der Waals surface area (Å²) in [5.74, 6) is -0.359. The zero-order valence-corrected chi connectivity index (χ0v) is 22.0. The topological polar surface area (TPSA) is 106 Å². The summed E-state index contributed by atoms with van der Waals surface area (Å²) >= 11 is 0. The summed E-state index contributed by atoms with van der Waals surface area (Å²) in [4.78, 5) is 36.3. The zero-order valence-electron chi connectivity index (χ0n) is 22.0. The highest BCUT2D eigenvalue weighted by Gasteiger charge is 2.17. The number of aromatic nitrogens is 5. The summed E-state index contributed by atoms with van der Waals surface area (Å²) in [7, 11) is 0. The van der Waals surface area contributed by atoms with E-state index >= 15 is 0 Å². The molecule has 5 aromatic rings. The molecule has 36 heavy (non-hydrogen) atoms. The Morgan fingerprint density at radius 2 is 1.64 bits per heavy atom. The number of rotatable bonds is 4. The molecule has 0 saturated carbocycles. The van der Waals surface area contributed by atoms with Crippen LogP contribution in [0.25, 0.3) is 39.3 Å². The predicted octanol–water partition coefficient (Wildman–Crippen LogP) is 6.20. The number of nitrogens with zero attached hydrogens (tertiary/aromatic N) is 4. The molecular formula is C28H35N5O3. The maximum absolute atomic E-state index is 12.9. The second kappa shape index (κ2) is 13.0. The highest BCUT2D eigenvalue weighted by molar-refractivity contribution is 5.80. The van der Waals surface area contributed by atoms with Gasteiger partial charge < -0.3 is 10.1 Å². The summed E-state index contributed by atoms with van der Waals surface area (Å²) < 4.78 is 2.63. The van der Waals surface area contributed by atoms with Gasteiger partial charge in [0, 0.05) is 11.8 Å². The van der Waals surface area contributed by atoms with Crippen molar-refractivity contribution in [1.82, 2.24) is 24.1 Å². The van der Waals surface area contributed by atoms with Crippen LogP contribution in [0.3, 0.4) is 0 Å². The average molecular weight is 490 g/mol. The molecule has 2 aromatic carbocycles. The molecule has 0 fully saturated rings. The van der Waals surface area contributed by atoms with Gasteiger partial charge in [0.25, 0.3) is 0 Å². The fraction of sp³-hybridized carbons (Fsp3) is 0.286. The van der Waals surface area contributed by atoms with E-state index in [0.717, 1.165) is 32.6 Å². The molecule has 0 radical (unpaired) electrons. The standard InChI is InChI=1S/C22H17N5O3.3C2H6/c1-13-4-9-16-17(11-13)25-20(24-16)14-5-7-15(8-6-14)27-18-3-2-10-23-21(18)26(22(27)30)12-19(28)29;3*1-2/h2-11H,12H2,1H3,(H,24,25)(H,28,29);3*1-2H3. The van der Waals surface area contributed by atoms with Crippen molar-refractivity contribution in [2.24, 2.45) is 0 Å². The van der Waals surface area contributed by atoms with Gasteiger partial charge in [-0.15, -0.1) is 0 Å². The van der Waals surface area contributed by atoms with Gasteiger partial charge in [0.05, 0.1) is 22.2 Å². The second-order valence-electron chi connectivity index (χ2n) is 7.10. The van der Waals surface area contributed by atoms with Crippen LogP contribution in [-0.2, 0) is 11.3 Å². The van der Waals surface area contributed by atoms with Crippen molar-refractivity contribution in [1.29, 1.82) is 0 Å². The lowest BCUT2D eigenvalue weighted by molar-refractivity contribution is -0.137. The second-order valence-corrected chi connectivity index (χ2v) is 7.10. The number of imidazole rings is 2. The van der Waals surface area contributed by atoms with Gasteiger partial charge in [-0.2, -0.15) is 0 Å². The van der Waals surface area contributed by atoms with Gasteiger partial charge in [0.2, 0.25) is 0 Å². The zero-order chi connectivity index (χ0) is 26.8. The molecule has 0 aliphatic heterocycles. The molecule has 8 nitrogen and oxygen atoms in total. The molecule has 0 saturated heterocycles. The van der Waals surface area contributed by atoms with Gasteiger partial charge in [-0.25, -0.2) is 14.8 Å². The first-order valence-electron chi connectivity index (χ1n) is 12.4. The van der Waals surface area contributed by atoms with Gasteiger partial charge in [-0.05, 0) is 61.0 Å². The van der Waals surface area contributed by atoms with Crippen molar-refractivity contribution in [2.75, 3.05) is 0 Å². The molecule has 3 heterocycles. The Hall–Kier alpha value is -4.20. The molecule has 0 unspecified atom stereocenters. The Kier molecular flexibility index (Phi) is 10.2.